The van der Waals surface area contributed by atoms with Crippen molar-refractivity contribution in [1.29, 1.82) is 0 Å². The molecule has 3 heteroatoms. The van der Waals surface area contributed by atoms with E-state index < -0.39 is 0 Å². The predicted octanol–water partition coefficient (Wildman–Crippen LogP) is 3.00. The summed E-state index contributed by atoms with van der Waals surface area (Å²) in [5.41, 5.74) is 0. The Morgan fingerprint density at radius 1 is 0.647 bits per heavy atom. The van der Waals surface area contributed by atoms with Gasteiger partial charge in [0.25, 0.3) is 0 Å². The zero-order chi connectivity index (χ0) is 12.6. The topological polar surface area (TPSA) is 32.6 Å². The van der Waals surface area contributed by atoms with Crippen molar-refractivity contribution >= 4 is 0 Å². The van der Waals surface area contributed by atoms with Crippen molar-refractivity contribution in [1.82, 2.24) is 5.32 Å². The van der Waals surface area contributed by atoms with E-state index in [1.807, 2.05) is 0 Å². The highest BCUT2D eigenvalue weighted by molar-refractivity contribution is 4.45. The molecule has 0 spiro atoms. The van der Waals surface area contributed by atoms with Crippen LogP contribution in [-0.4, -0.2) is 39.5 Å². The van der Waals surface area contributed by atoms with Crippen LogP contribution in [0.2, 0.25) is 0 Å². The molecule has 0 aromatic rings. The van der Waals surface area contributed by atoms with Crippen LogP contribution >= 0.6 is 0 Å². The van der Waals surface area contributed by atoms with E-state index in [1.165, 1.54) is 38.5 Å². The van der Waals surface area contributed by atoms with Crippen LogP contribution in [0.25, 0.3) is 0 Å². The summed E-state index contributed by atoms with van der Waals surface area (Å²) < 4.78 is 10.9. The minimum Gasteiger partial charge on any atom is -0.380 e. The van der Waals surface area contributed by atoms with E-state index in [1.54, 1.807) is 0 Å². The van der Waals surface area contributed by atoms with Crippen molar-refractivity contribution in [2.24, 2.45) is 0 Å². The van der Waals surface area contributed by atoms with Crippen molar-refractivity contribution in [3.8, 4) is 0 Å². The lowest BCUT2D eigenvalue weighted by molar-refractivity contribution is 0.117. The van der Waals surface area contributed by atoms with Crippen LogP contribution in [0.1, 0.15) is 52.4 Å². The van der Waals surface area contributed by atoms with Gasteiger partial charge in [-0.2, -0.15) is 0 Å². The van der Waals surface area contributed by atoms with E-state index in [0.717, 1.165) is 39.5 Å². The van der Waals surface area contributed by atoms with Crippen LogP contribution < -0.4 is 5.32 Å². The molecule has 3 nitrogen and oxygen atoms in total. The van der Waals surface area contributed by atoms with Gasteiger partial charge in [-0.25, -0.2) is 5.32 Å². The van der Waals surface area contributed by atoms with Crippen LogP contribution in [-0.2, 0) is 9.47 Å². The van der Waals surface area contributed by atoms with Crippen molar-refractivity contribution in [2.45, 2.75) is 52.4 Å². The minimum absolute atomic E-state index is 0.763. The minimum atomic E-state index is 0.763. The van der Waals surface area contributed by atoms with Crippen LogP contribution in [0.15, 0.2) is 0 Å². The maximum Gasteiger partial charge on any atom is 0.0607 e. The molecule has 0 amide bonds. The first-order valence-corrected chi connectivity index (χ1v) is 7.20. The summed E-state index contributed by atoms with van der Waals surface area (Å²) in [6.07, 6.45) is 7.39. The Morgan fingerprint density at radius 2 is 1.12 bits per heavy atom. The molecule has 0 N–H and O–H groups in total. The Hall–Kier alpha value is -0.120. The van der Waals surface area contributed by atoms with Gasteiger partial charge in [0.2, 0.25) is 0 Å². The summed E-state index contributed by atoms with van der Waals surface area (Å²) >= 11 is 0. The van der Waals surface area contributed by atoms with Gasteiger partial charge in [-0.1, -0.05) is 39.5 Å². The van der Waals surface area contributed by atoms with E-state index in [2.05, 4.69) is 19.2 Å². The number of rotatable bonds is 14. The Balaban J connectivity index is 2.85. The maximum absolute atomic E-state index is 5.46. The van der Waals surface area contributed by atoms with Gasteiger partial charge in [0.15, 0.2) is 0 Å². The molecule has 0 bridgehead atoms. The number of unbranched alkanes of at least 4 members (excludes halogenated alkanes) is 4. The molecule has 103 valence electrons. The molecule has 0 saturated carbocycles. The van der Waals surface area contributed by atoms with Crippen molar-refractivity contribution in [3.63, 3.8) is 0 Å². The average Bonchev–Trinajstić information content (AvgIpc) is 2.35. The van der Waals surface area contributed by atoms with Gasteiger partial charge in [-0.3, -0.25) is 0 Å². The van der Waals surface area contributed by atoms with E-state index in [0.29, 0.717) is 0 Å². The number of ether oxygens (including phenoxy) is 2. The molecule has 0 aromatic heterocycles. The molecule has 0 aromatic carbocycles. The molecule has 0 heterocycles. The van der Waals surface area contributed by atoms with Crippen LogP contribution in [0.3, 0.4) is 0 Å². The Morgan fingerprint density at radius 3 is 1.53 bits per heavy atom. The molecule has 0 aliphatic heterocycles. The second-order valence-electron chi connectivity index (χ2n) is 4.31. The summed E-state index contributed by atoms with van der Waals surface area (Å²) in [6.45, 7) is 9.33. The van der Waals surface area contributed by atoms with Gasteiger partial charge < -0.3 is 9.47 Å². The molecule has 0 fully saturated rings. The summed E-state index contributed by atoms with van der Waals surface area (Å²) in [5, 5.41) is 4.36. The van der Waals surface area contributed by atoms with Crippen LogP contribution in [0.4, 0.5) is 0 Å². The first kappa shape index (κ1) is 16.9. The third-order valence-electron chi connectivity index (χ3n) is 2.57. The average molecular weight is 244 g/mol. The monoisotopic (exact) mass is 244 g/mol. The van der Waals surface area contributed by atoms with Crippen molar-refractivity contribution in [2.75, 3.05) is 39.5 Å². The van der Waals surface area contributed by atoms with Gasteiger partial charge >= 0.3 is 0 Å². The molecule has 0 saturated heterocycles. The van der Waals surface area contributed by atoms with Gasteiger partial charge in [-0.05, 0) is 12.8 Å². The second-order valence-corrected chi connectivity index (χ2v) is 4.31. The molecule has 17 heavy (non-hydrogen) atoms. The lowest BCUT2D eigenvalue weighted by Crippen LogP contribution is -2.18. The highest BCUT2D eigenvalue weighted by Crippen LogP contribution is 1.94. The summed E-state index contributed by atoms with van der Waals surface area (Å²) in [7, 11) is 0. The molecule has 0 atom stereocenters. The summed E-state index contributed by atoms with van der Waals surface area (Å²) in [6, 6.07) is 0. The normalized spacial score (nSPS) is 10.9. The van der Waals surface area contributed by atoms with Gasteiger partial charge in [0.1, 0.15) is 0 Å². The van der Waals surface area contributed by atoms with Crippen LogP contribution in [0, 0.1) is 0 Å². The smallest absolute Gasteiger partial charge is 0.0607 e. The Kier molecular flexibility index (Phi) is 15.8. The first-order valence-electron chi connectivity index (χ1n) is 7.20. The lowest BCUT2D eigenvalue weighted by atomic mass is 10.3. The highest BCUT2D eigenvalue weighted by atomic mass is 16.5. The molecule has 1 radical (unpaired) electrons. The van der Waals surface area contributed by atoms with E-state index in [4.69, 9.17) is 9.47 Å². The standard InChI is InChI=1S/C14H30NO2/c1-3-5-7-11-16-13-9-15-10-14-17-12-8-6-4-2/h3-14H2,1-2H3. The van der Waals surface area contributed by atoms with E-state index in [9.17, 15) is 0 Å². The number of nitrogens with zero attached hydrogens (tertiary/aromatic N) is 1. The third kappa shape index (κ3) is 15.9. The largest absolute Gasteiger partial charge is 0.380 e. The van der Waals surface area contributed by atoms with Crippen LogP contribution in [0.5, 0.6) is 0 Å². The van der Waals surface area contributed by atoms with Gasteiger partial charge in [0.05, 0.1) is 13.2 Å². The highest BCUT2D eigenvalue weighted by Gasteiger charge is 1.92. The maximum atomic E-state index is 5.46. The quantitative estimate of drug-likeness (QED) is 0.440. The zero-order valence-corrected chi connectivity index (χ0v) is 11.7. The molecule has 0 aliphatic rings. The number of hydrogen-bond acceptors (Lipinski definition) is 2. The summed E-state index contributed by atoms with van der Waals surface area (Å²) in [5.74, 6) is 0. The van der Waals surface area contributed by atoms with Crippen molar-refractivity contribution in [3.05, 3.63) is 0 Å². The molecular weight excluding hydrogens is 214 g/mol. The van der Waals surface area contributed by atoms with Gasteiger partial charge in [-0.15, -0.1) is 0 Å². The SMILES string of the molecule is CCCCCOCC[N]CCOCCCCC. The first-order chi connectivity index (χ1) is 8.41. The molecular formula is C14H30NO2. The predicted molar refractivity (Wildman–Crippen MR) is 72.6 cm³/mol. The molecule has 0 unspecified atom stereocenters. The molecule has 0 rings (SSSR count). The second kappa shape index (κ2) is 15.9. The van der Waals surface area contributed by atoms with E-state index in [-0.39, 0.29) is 0 Å². The molecule has 0 aliphatic carbocycles. The zero-order valence-electron chi connectivity index (χ0n) is 11.7. The fourth-order valence-electron chi connectivity index (χ4n) is 1.48. The Labute approximate surface area is 107 Å². The van der Waals surface area contributed by atoms with E-state index >= 15 is 0 Å². The number of hydrogen-bond donors (Lipinski definition) is 0. The Bertz CT molecular complexity index is 117. The van der Waals surface area contributed by atoms with Crippen molar-refractivity contribution < 1.29 is 9.47 Å². The van der Waals surface area contributed by atoms with Gasteiger partial charge in [0, 0.05) is 26.3 Å². The fourth-order valence-corrected chi connectivity index (χ4v) is 1.48. The lowest BCUT2D eigenvalue weighted by Gasteiger charge is -2.05. The third-order valence-corrected chi connectivity index (χ3v) is 2.57. The fraction of sp³-hybridized carbons (Fsp3) is 1.00. The summed E-state index contributed by atoms with van der Waals surface area (Å²) in [4.78, 5) is 0.